The van der Waals surface area contributed by atoms with E-state index in [1.165, 1.54) is 25.7 Å². The molecule has 0 aromatic heterocycles. The number of hydrogen-bond acceptors (Lipinski definition) is 0. The monoisotopic (exact) mass is 320 g/mol. The Bertz CT molecular complexity index is 328. The summed E-state index contributed by atoms with van der Waals surface area (Å²) in [5.74, 6) is -11.5. The summed E-state index contributed by atoms with van der Waals surface area (Å²) in [7, 11) is 0. The molecule has 0 aromatic carbocycles. The van der Waals surface area contributed by atoms with Crippen molar-refractivity contribution in [3.63, 3.8) is 0 Å². The largest absolute Gasteiger partial charge is 0.409 e. The van der Waals surface area contributed by atoms with Crippen LogP contribution in [-0.4, -0.2) is 24.2 Å². The summed E-state index contributed by atoms with van der Waals surface area (Å²) in [6.45, 7) is 0. The molecule has 2 aliphatic rings. The zero-order valence-electron chi connectivity index (χ0n) is 9.82. The van der Waals surface area contributed by atoms with Crippen LogP contribution in [0.5, 0.6) is 0 Å². The van der Waals surface area contributed by atoms with E-state index < -0.39 is 36.0 Å². The van der Waals surface area contributed by atoms with Crippen LogP contribution in [0.15, 0.2) is 0 Å². The summed E-state index contributed by atoms with van der Waals surface area (Å²) in [6.07, 6.45) is -9.97. The second-order valence-corrected chi connectivity index (χ2v) is 4.77. The maximum Gasteiger partial charge on any atom is 0.409 e. The van der Waals surface area contributed by atoms with Crippen LogP contribution >= 0.6 is 0 Å². The van der Waals surface area contributed by atoms with E-state index in [0.717, 1.165) is 0 Å². The van der Waals surface area contributed by atoms with Crippen LogP contribution in [0.1, 0.15) is 32.1 Å². The highest BCUT2D eigenvalue weighted by molar-refractivity contribution is 5.19. The van der Waals surface area contributed by atoms with Crippen molar-refractivity contribution in [1.29, 1.82) is 0 Å². The number of rotatable bonds is 0. The van der Waals surface area contributed by atoms with Crippen molar-refractivity contribution >= 4 is 0 Å². The summed E-state index contributed by atoms with van der Waals surface area (Å²) in [4.78, 5) is 0. The molecule has 0 aromatic rings. The van der Waals surface area contributed by atoms with Crippen LogP contribution in [0.25, 0.3) is 0 Å². The molecular formula is C10H10F10. The van der Waals surface area contributed by atoms with Crippen molar-refractivity contribution < 1.29 is 43.9 Å². The first-order valence-electron chi connectivity index (χ1n) is 5.60. The maximum atomic E-state index is 12.4. The Kier molecular flexibility index (Phi) is 4.04. The van der Waals surface area contributed by atoms with Gasteiger partial charge in [0.2, 0.25) is 5.41 Å². The lowest BCUT2D eigenvalue weighted by molar-refractivity contribution is -0.494. The molecule has 2 aliphatic carbocycles. The molecule has 0 atom stereocenters. The van der Waals surface area contributed by atoms with Gasteiger partial charge >= 0.3 is 24.2 Å². The van der Waals surface area contributed by atoms with Gasteiger partial charge < -0.3 is 0 Å². The van der Waals surface area contributed by atoms with Gasteiger partial charge in [0.25, 0.3) is 0 Å². The third kappa shape index (κ3) is 2.24. The molecule has 20 heavy (non-hydrogen) atoms. The van der Waals surface area contributed by atoms with Gasteiger partial charge in [0.05, 0.1) is 0 Å². The minimum Gasteiger partial charge on any atom is -0.200 e. The van der Waals surface area contributed by atoms with E-state index >= 15 is 0 Å². The summed E-state index contributed by atoms with van der Waals surface area (Å²) in [5, 5.41) is 0. The molecule has 0 unspecified atom stereocenters. The average molecular weight is 320 g/mol. The van der Waals surface area contributed by atoms with Gasteiger partial charge in [-0.1, -0.05) is 25.7 Å². The molecule has 0 heterocycles. The predicted molar refractivity (Wildman–Crippen MR) is 47.5 cm³/mol. The Morgan fingerprint density at radius 3 is 0.950 bits per heavy atom. The molecule has 2 saturated carbocycles. The maximum absolute atomic E-state index is 12.4. The molecule has 2 rings (SSSR count). The SMILES string of the molecule is C1CCC1.FC(F)(F)C1(C(F)(F)F)CC(F)(F)C1(F)F. The lowest BCUT2D eigenvalue weighted by atomic mass is 9.61. The van der Waals surface area contributed by atoms with Crippen LogP contribution < -0.4 is 0 Å². The van der Waals surface area contributed by atoms with E-state index in [9.17, 15) is 43.9 Å². The van der Waals surface area contributed by atoms with Crippen molar-refractivity contribution in [1.82, 2.24) is 0 Å². The minimum absolute atomic E-state index is 1.50. The van der Waals surface area contributed by atoms with Gasteiger partial charge in [-0.15, -0.1) is 0 Å². The molecule has 0 radical (unpaired) electrons. The Balaban J connectivity index is 0.000000425. The van der Waals surface area contributed by atoms with Crippen molar-refractivity contribution in [2.45, 2.75) is 56.3 Å². The molecule has 2 fully saturated rings. The van der Waals surface area contributed by atoms with Crippen molar-refractivity contribution in [2.75, 3.05) is 0 Å². The standard InChI is InChI=1S/C6H2F10.C4H8/c7-3(8)1-2(4(3,9)10,5(11,12)13)6(14,15)16;1-2-4-3-1/h1H2;1-4H2. The zero-order valence-corrected chi connectivity index (χ0v) is 9.82. The fourth-order valence-electron chi connectivity index (χ4n) is 1.73. The van der Waals surface area contributed by atoms with Gasteiger partial charge in [-0.3, -0.25) is 0 Å². The van der Waals surface area contributed by atoms with Crippen molar-refractivity contribution in [3.05, 3.63) is 0 Å². The number of alkyl halides is 10. The summed E-state index contributed by atoms with van der Waals surface area (Å²) >= 11 is 0. The lowest BCUT2D eigenvalue weighted by Gasteiger charge is -2.54. The fourth-order valence-corrected chi connectivity index (χ4v) is 1.73. The molecule has 10 heteroatoms. The predicted octanol–water partition coefficient (Wildman–Crippen LogP) is 5.33. The third-order valence-corrected chi connectivity index (χ3v) is 3.45. The Hall–Kier alpha value is -0.700. The molecular weight excluding hydrogens is 310 g/mol. The van der Waals surface area contributed by atoms with Gasteiger partial charge in [0.15, 0.2) is 0 Å². The van der Waals surface area contributed by atoms with E-state index in [0.29, 0.717) is 0 Å². The molecule has 0 nitrogen and oxygen atoms in total. The summed E-state index contributed by atoms with van der Waals surface area (Å²) in [6, 6.07) is 0. The Labute approximate surface area is 107 Å². The highest BCUT2D eigenvalue weighted by Gasteiger charge is 2.96. The highest BCUT2D eigenvalue weighted by atomic mass is 19.4. The molecule has 0 spiro atoms. The minimum atomic E-state index is -6.49. The molecule has 0 N–H and O–H groups in total. The first-order valence-corrected chi connectivity index (χ1v) is 5.60. The normalized spacial score (nSPS) is 26.7. The second kappa shape index (κ2) is 4.66. The van der Waals surface area contributed by atoms with Gasteiger partial charge in [0, 0.05) is 6.42 Å². The van der Waals surface area contributed by atoms with Crippen molar-refractivity contribution in [2.24, 2.45) is 5.41 Å². The van der Waals surface area contributed by atoms with Crippen LogP contribution in [-0.2, 0) is 0 Å². The van der Waals surface area contributed by atoms with Gasteiger partial charge in [-0.05, 0) is 0 Å². The number of halogens is 10. The molecule has 0 bridgehead atoms. The molecule has 120 valence electrons. The van der Waals surface area contributed by atoms with Crippen LogP contribution in [0.4, 0.5) is 43.9 Å². The molecule has 0 aliphatic heterocycles. The van der Waals surface area contributed by atoms with Crippen LogP contribution in [0.2, 0.25) is 0 Å². The van der Waals surface area contributed by atoms with E-state index in [1.807, 2.05) is 0 Å². The van der Waals surface area contributed by atoms with Crippen LogP contribution in [0.3, 0.4) is 0 Å². The second-order valence-electron chi connectivity index (χ2n) is 4.77. The van der Waals surface area contributed by atoms with E-state index in [1.54, 1.807) is 0 Å². The quantitative estimate of drug-likeness (QED) is 0.529. The van der Waals surface area contributed by atoms with Gasteiger partial charge in [-0.25, -0.2) is 0 Å². The average Bonchev–Trinajstić information content (AvgIpc) is 2.06. The zero-order chi connectivity index (χ0) is 16.0. The van der Waals surface area contributed by atoms with E-state index in [4.69, 9.17) is 0 Å². The lowest BCUT2D eigenvalue weighted by Crippen LogP contribution is -2.77. The van der Waals surface area contributed by atoms with Crippen LogP contribution in [0, 0.1) is 5.41 Å². The topological polar surface area (TPSA) is 0 Å². The van der Waals surface area contributed by atoms with Gasteiger partial charge in [0.1, 0.15) is 0 Å². The first-order chi connectivity index (χ1) is 8.71. The highest BCUT2D eigenvalue weighted by Crippen LogP contribution is 2.74. The smallest absolute Gasteiger partial charge is 0.200 e. The summed E-state index contributed by atoms with van der Waals surface area (Å²) in [5.41, 5.74) is -5.66. The third-order valence-electron chi connectivity index (χ3n) is 3.45. The summed E-state index contributed by atoms with van der Waals surface area (Å²) < 4.78 is 121. The van der Waals surface area contributed by atoms with E-state index in [-0.39, 0.29) is 0 Å². The molecule has 0 amide bonds. The number of hydrogen-bond donors (Lipinski definition) is 0. The Morgan fingerprint density at radius 1 is 0.600 bits per heavy atom. The fraction of sp³-hybridized carbons (Fsp3) is 1.00. The molecule has 0 saturated heterocycles. The first kappa shape index (κ1) is 17.4. The van der Waals surface area contributed by atoms with E-state index in [2.05, 4.69) is 0 Å². The van der Waals surface area contributed by atoms with Crippen molar-refractivity contribution in [3.8, 4) is 0 Å². The Morgan fingerprint density at radius 2 is 0.900 bits per heavy atom. The van der Waals surface area contributed by atoms with Gasteiger partial charge in [-0.2, -0.15) is 43.9 Å².